The summed E-state index contributed by atoms with van der Waals surface area (Å²) < 4.78 is 0. The first-order valence-electron chi connectivity index (χ1n) is 9.67. The number of halogens is 2. The van der Waals surface area contributed by atoms with Crippen LogP contribution in [0.4, 0.5) is 0 Å². The van der Waals surface area contributed by atoms with Crippen LogP contribution in [0.1, 0.15) is 31.2 Å². The van der Waals surface area contributed by atoms with Gasteiger partial charge >= 0.3 is 0 Å². The molecule has 1 aromatic rings. The first-order chi connectivity index (χ1) is 13.0. The van der Waals surface area contributed by atoms with Crippen LogP contribution >= 0.6 is 35.6 Å². The number of piperidine rings is 1. The second-order valence-electron chi connectivity index (χ2n) is 7.19. The molecule has 0 saturated carbocycles. The van der Waals surface area contributed by atoms with Crippen LogP contribution in [0.5, 0.6) is 0 Å². The highest BCUT2D eigenvalue weighted by molar-refractivity contribution is 14.0. The predicted octanol–water partition coefficient (Wildman–Crippen LogP) is 2.94. The van der Waals surface area contributed by atoms with Crippen LogP contribution in [-0.4, -0.2) is 61.9 Å². The Morgan fingerprint density at radius 1 is 1.36 bits per heavy atom. The van der Waals surface area contributed by atoms with Gasteiger partial charge in [-0.15, -0.1) is 24.0 Å². The molecular formula is C20H33ClIN5O. The summed E-state index contributed by atoms with van der Waals surface area (Å²) in [6.45, 7) is 4.68. The van der Waals surface area contributed by atoms with Gasteiger partial charge in [0, 0.05) is 38.1 Å². The van der Waals surface area contributed by atoms with Crippen molar-refractivity contribution in [2.24, 2.45) is 16.6 Å². The van der Waals surface area contributed by atoms with E-state index in [0.29, 0.717) is 0 Å². The fourth-order valence-electron chi connectivity index (χ4n) is 3.47. The molecule has 0 radical (unpaired) electrons. The molecule has 1 aromatic carbocycles. The van der Waals surface area contributed by atoms with Gasteiger partial charge in [-0.1, -0.05) is 23.7 Å². The molecule has 0 aromatic heterocycles. The molecule has 1 fully saturated rings. The minimum absolute atomic E-state index is 0. The minimum atomic E-state index is -0.146. The van der Waals surface area contributed by atoms with E-state index in [1.165, 1.54) is 0 Å². The number of nitrogens with one attached hydrogen (secondary N) is 1. The highest BCUT2D eigenvalue weighted by Crippen LogP contribution is 2.17. The zero-order valence-corrected chi connectivity index (χ0v) is 20.0. The smallest absolute Gasteiger partial charge is 0.220 e. The molecule has 2 rings (SSSR count). The average molecular weight is 522 g/mol. The Labute approximate surface area is 190 Å². The summed E-state index contributed by atoms with van der Waals surface area (Å²) in [4.78, 5) is 20.1. The summed E-state index contributed by atoms with van der Waals surface area (Å²) in [7, 11) is 3.83. The monoisotopic (exact) mass is 521 g/mol. The van der Waals surface area contributed by atoms with Crippen LogP contribution in [0.15, 0.2) is 29.3 Å². The molecule has 1 saturated heterocycles. The van der Waals surface area contributed by atoms with E-state index in [1.54, 1.807) is 7.05 Å². The number of likely N-dealkylation sites (tertiary alicyclic amines) is 1. The van der Waals surface area contributed by atoms with Crippen LogP contribution in [0.2, 0.25) is 5.02 Å². The Morgan fingerprint density at radius 3 is 2.68 bits per heavy atom. The molecule has 1 amide bonds. The second kappa shape index (κ2) is 13.2. The molecule has 158 valence electrons. The third-order valence-electron chi connectivity index (χ3n) is 5.06. The van der Waals surface area contributed by atoms with Crippen molar-refractivity contribution >= 4 is 47.4 Å². The standard InChI is InChI=1S/C20H32ClN5O.HI/c1-23-20(25(2)15-16-6-5-7-18(21)14-16)24-10-3-4-11-26-12-8-17(9-13-26)19(22)27;/h5-7,14,17H,3-4,8-13,15H2,1-2H3,(H2,22,27)(H,23,24);1H. The Morgan fingerprint density at radius 2 is 2.07 bits per heavy atom. The summed E-state index contributed by atoms with van der Waals surface area (Å²) in [5.41, 5.74) is 6.55. The van der Waals surface area contributed by atoms with Gasteiger partial charge in [0.15, 0.2) is 5.96 Å². The summed E-state index contributed by atoms with van der Waals surface area (Å²) in [5, 5.41) is 4.18. The van der Waals surface area contributed by atoms with Crippen LogP contribution in [0, 0.1) is 5.92 Å². The first-order valence-corrected chi connectivity index (χ1v) is 10.0. The van der Waals surface area contributed by atoms with Gasteiger partial charge in [-0.25, -0.2) is 0 Å². The molecule has 0 atom stereocenters. The van der Waals surface area contributed by atoms with Crippen molar-refractivity contribution in [3.8, 4) is 0 Å². The summed E-state index contributed by atoms with van der Waals surface area (Å²) in [6.07, 6.45) is 4.01. The maximum atomic E-state index is 11.2. The first kappa shape index (κ1) is 25.0. The second-order valence-corrected chi connectivity index (χ2v) is 7.62. The molecule has 0 spiro atoms. The maximum absolute atomic E-state index is 11.2. The number of carbonyl (C=O) groups is 1. The van der Waals surface area contributed by atoms with Gasteiger partial charge in [-0.05, 0) is 63.0 Å². The lowest BCUT2D eigenvalue weighted by Gasteiger charge is -2.30. The van der Waals surface area contributed by atoms with Gasteiger partial charge in [-0.3, -0.25) is 9.79 Å². The van der Waals surface area contributed by atoms with E-state index >= 15 is 0 Å². The third kappa shape index (κ3) is 8.53. The van der Waals surface area contributed by atoms with Crippen LogP contribution < -0.4 is 11.1 Å². The predicted molar refractivity (Wildman–Crippen MR) is 127 cm³/mol. The van der Waals surface area contributed by atoms with E-state index in [2.05, 4.69) is 26.2 Å². The van der Waals surface area contributed by atoms with E-state index < -0.39 is 0 Å². The number of hydrogen-bond acceptors (Lipinski definition) is 3. The van der Waals surface area contributed by atoms with Crippen molar-refractivity contribution in [1.29, 1.82) is 0 Å². The molecule has 1 aliphatic heterocycles. The van der Waals surface area contributed by atoms with Gasteiger partial charge in [0.1, 0.15) is 0 Å². The van der Waals surface area contributed by atoms with Crippen molar-refractivity contribution in [3.63, 3.8) is 0 Å². The van der Waals surface area contributed by atoms with Gasteiger partial charge in [-0.2, -0.15) is 0 Å². The highest BCUT2D eigenvalue weighted by atomic mass is 127. The summed E-state index contributed by atoms with van der Waals surface area (Å²) in [5.74, 6) is 0.811. The zero-order chi connectivity index (χ0) is 19.6. The van der Waals surface area contributed by atoms with E-state index in [0.717, 1.165) is 75.0 Å². The summed E-state index contributed by atoms with van der Waals surface area (Å²) >= 11 is 6.06. The number of rotatable bonds is 8. The molecule has 1 heterocycles. The van der Waals surface area contributed by atoms with Crippen molar-refractivity contribution in [2.75, 3.05) is 40.3 Å². The molecule has 0 aliphatic carbocycles. The lowest BCUT2D eigenvalue weighted by atomic mass is 9.96. The quantitative estimate of drug-likeness (QED) is 0.239. The van der Waals surface area contributed by atoms with Crippen LogP contribution in [0.3, 0.4) is 0 Å². The Bertz CT molecular complexity index is 635. The van der Waals surface area contributed by atoms with E-state index in [-0.39, 0.29) is 35.8 Å². The van der Waals surface area contributed by atoms with E-state index in [9.17, 15) is 4.79 Å². The molecular weight excluding hydrogens is 489 g/mol. The number of aliphatic imine (C=N–C) groups is 1. The lowest BCUT2D eigenvalue weighted by Crippen LogP contribution is -2.40. The third-order valence-corrected chi connectivity index (χ3v) is 5.29. The molecule has 6 nitrogen and oxygen atoms in total. The van der Waals surface area contributed by atoms with Crippen molar-refractivity contribution in [1.82, 2.24) is 15.1 Å². The largest absolute Gasteiger partial charge is 0.369 e. The molecule has 1 aliphatic rings. The molecule has 0 bridgehead atoms. The highest BCUT2D eigenvalue weighted by Gasteiger charge is 2.22. The number of guanidine groups is 1. The molecule has 28 heavy (non-hydrogen) atoms. The number of hydrogen-bond donors (Lipinski definition) is 2. The number of benzene rings is 1. The number of carbonyl (C=O) groups excluding carboxylic acids is 1. The van der Waals surface area contributed by atoms with Crippen LogP contribution in [0.25, 0.3) is 0 Å². The normalized spacial score (nSPS) is 15.8. The minimum Gasteiger partial charge on any atom is -0.369 e. The average Bonchev–Trinajstić information content (AvgIpc) is 2.65. The maximum Gasteiger partial charge on any atom is 0.220 e. The number of nitrogens with two attached hydrogens (primary N) is 1. The zero-order valence-electron chi connectivity index (χ0n) is 16.9. The van der Waals surface area contributed by atoms with Crippen molar-refractivity contribution in [2.45, 2.75) is 32.2 Å². The lowest BCUT2D eigenvalue weighted by molar-refractivity contribution is -0.123. The summed E-state index contributed by atoms with van der Waals surface area (Å²) in [6, 6.07) is 7.90. The SMILES string of the molecule is CN=C(NCCCCN1CCC(C(N)=O)CC1)N(C)Cc1cccc(Cl)c1.I. The molecule has 8 heteroatoms. The Hall–Kier alpha value is -1.06. The van der Waals surface area contributed by atoms with Gasteiger partial charge in [0.25, 0.3) is 0 Å². The fourth-order valence-corrected chi connectivity index (χ4v) is 3.68. The Balaban J connectivity index is 0.00000392. The van der Waals surface area contributed by atoms with Gasteiger partial charge in [0.2, 0.25) is 5.91 Å². The fraction of sp³-hybridized carbons (Fsp3) is 0.600. The topological polar surface area (TPSA) is 74.0 Å². The molecule has 0 unspecified atom stereocenters. The van der Waals surface area contributed by atoms with Crippen molar-refractivity contribution in [3.05, 3.63) is 34.9 Å². The van der Waals surface area contributed by atoms with E-state index in [4.69, 9.17) is 17.3 Å². The van der Waals surface area contributed by atoms with Crippen molar-refractivity contribution < 1.29 is 4.79 Å². The van der Waals surface area contributed by atoms with E-state index in [1.807, 2.05) is 25.2 Å². The number of nitrogens with zero attached hydrogens (tertiary/aromatic N) is 3. The van der Waals surface area contributed by atoms with Crippen LogP contribution in [-0.2, 0) is 11.3 Å². The number of amides is 1. The number of primary amides is 1. The molecule has 3 N–H and O–H groups in total. The van der Waals surface area contributed by atoms with Gasteiger partial charge in [0.05, 0.1) is 0 Å². The van der Waals surface area contributed by atoms with Gasteiger partial charge < -0.3 is 20.9 Å². The number of unbranched alkanes of at least 4 members (excludes halogenated alkanes) is 1. The Kier molecular flexibility index (Phi) is 11.8.